The van der Waals surface area contributed by atoms with Crippen LogP contribution in [0.4, 0.5) is 0 Å². The van der Waals surface area contributed by atoms with Gasteiger partial charge in [-0.25, -0.2) is 4.98 Å². The highest BCUT2D eigenvalue weighted by atomic mass is 16.3. The zero-order valence-corrected chi connectivity index (χ0v) is 10.2. The van der Waals surface area contributed by atoms with Crippen molar-refractivity contribution >= 4 is 0 Å². The average molecular weight is 231 g/mol. The maximum atomic E-state index is 10.1. The predicted octanol–water partition coefficient (Wildman–Crippen LogP) is 1.79. The quantitative estimate of drug-likeness (QED) is 0.872. The third-order valence-corrected chi connectivity index (χ3v) is 3.00. The fraction of sp³-hybridized carbons (Fsp3) is 0.385. The van der Waals surface area contributed by atoms with Gasteiger partial charge in [0.25, 0.3) is 0 Å². The molecule has 0 radical (unpaired) electrons. The van der Waals surface area contributed by atoms with Gasteiger partial charge in [-0.05, 0) is 25.0 Å². The Labute approximate surface area is 101 Å². The normalized spacial score (nSPS) is 12.6. The van der Waals surface area contributed by atoms with Gasteiger partial charge in [-0.15, -0.1) is 0 Å². The van der Waals surface area contributed by atoms with Gasteiger partial charge >= 0.3 is 0 Å². The molecule has 1 atom stereocenters. The Balaban J connectivity index is 2.01. The van der Waals surface area contributed by atoms with E-state index < -0.39 is 6.10 Å². The van der Waals surface area contributed by atoms with Crippen molar-refractivity contribution in [2.24, 2.45) is 7.05 Å². The summed E-state index contributed by atoms with van der Waals surface area (Å²) in [6.07, 6.45) is 8.12. The van der Waals surface area contributed by atoms with E-state index in [0.717, 1.165) is 23.4 Å². The van der Waals surface area contributed by atoms with Gasteiger partial charge in [0, 0.05) is 43.8 Å². The van der Waals surface area contributed by atoms with Gasteiger partial charge in [0.05, 0.1) is 6.10 Å². The Morgan fingerprint density at radius 3 is 2.88 bits per heavy atom. The van der Waals surface area contributed by atoms with E-state index in [0.29, 0.717) is 6.42 Å². The number of imidazole rings is 1. The van der Waals surface area contributed by atoms with Gasteiger partial charge in [-0.1, -0.05) is 0 Å². The first-order valence-corrected chi connectivity index (χ1v) is 5.73. The highest BCUT2D eigenvalue weighted by molar-refractivity contribution is 5.23. The summed E-state index contributed by atoms with van der Waals surface area (Å²) in [5.74, 6) is 0.991. The Hall–Kier alpha value is -1.68. The van der Waals surface area contributed by atoms with E-state index in [1.165, 1.54) is 0 Å². The Morgan fingerprint density at radius 1 is 1.41 bits per heavy atom. The van der Waals surface area contributed by atoms with Crippen molar-refractivity contribution in [1.29, 1.82) is 0 Å². The van der Waals surface area contributed by atoms with Crippen LogP contribution in [-0.2, 0) is 13.5 Å². The number of pyridine rings is 1. The van der Waals surface area contributed by atoms with E-state index in [1.54, 1.807) is 18.6 Å². The summed E-state index contributed by atoms with van der Waals surface area (Å²) in [6.45, 7) is 1.99. The van der Waals surface area contributed by atoms with E-state index in [1.807, 2.05) is 30.8 Å². The van der Waals surface area contributed by atoms with Gasteiger partial charge in [0.1, 0.15) is 5.82 Å². The topological polar surface area (TPSA) is 50.9 Å². The Bertz CT molecular complexity index is 493. The summed E-state index contributed by atoms with van der Waals surface area (Å²) in [5, 5.41) is 10.1. The molecule has 4 nitrogen and oxygen atoms in total. The molecule has 0 aromatic carbocycles. The molecule has 2 heterocycles. The molecule has 1 N–H and O–H groups in total. The van der Waals surface area contributed by atoms with Crippen LogP contribution < -0.4 is 0 Å². The second kappa shape index (κ2) is 5.10. The lowest BCUT2D eigenvalue weighted by atomic mass is 10.0. The molecule has 90 valence electrons. The van der Waals surface area contributed by atoms with Gasteiger partial charge in [0.15, 0.2) is 0 Å². The Morgan fingerprint density at radius 2 is 2.24 bits per heavy atom. The highest BCUT2D eigenvalue weighted by Gasteiger charge is 2.11. The summed E-state index contributed by atoms with van der Waals surface area (Å²) >= 11 is 0. The van der Waals surface area contributed by atoms with Crippen molar-refractivity contribution in [2.75, 3.05) is 0 Å². The van der Waals surface area contributed by atoms with Crippen LogP contribution >= 0.6 is 0 Å². The number of aryl methyl sites for hydroxylation is 3. The first-order valence-electron chi connectivity index (χ1n) is 5.73. The summed E-state index contributed by atoms with van der Waals surface area (Å²) < 4.78 is 1.98. The summed E-state index contributed by atoms with van der Waals surface area (Å²) in [4.78, 5) is 8.29. The minimum Gasteiger partial charge on any atom is -0.388 e. The SMILES string of the molecule is Cc1ccncc1C(O)CCc1nccn1C. The summed E-state index contributed by atoms with van der Waals surface area (Å²) in [5.41, 5.74) is 1.98. The molecule has 2 aromatic heterocycles. The third-order valence-electron chi connectivity index (χ3n) is 3.00. The second-order valence-corrected chi connectivity index (χ2v) is 4.24. The van der Waals surface area contributed by atoms with Crippen molar-refractivity contribution in [3.63, 3.8) is 0 Å². The van der Waals surface area contributed by atoms with Crippen molar-refractivity contribution in [1.82, 2.24) is 14.5 Å². The van der Waals surface area contributed by atoms with Crippen molar-refractivity contribution in [2.45, 2.75) is 25.9 Å². The minimum absolute atomic E-state index is 0.472. The fourth-order valence-corrected chi connectivity index (χ4v) is 1.88. The van der Waals surface area contributed by atoms with Crippen LogP contribution in [0.5, 0.6) is 0 Å². The van der Waals surface area contributed by atoms with Gasteiger partial charge in [-0.2, -0.15) is 0 Å². The highest BCUT2D eigenvalue weighted by Crippen LogP contribution is 2.20. The number of rotatable bonds is 4. The van der Waals surface area contributed by atoms with Crippen LogP contribution in [-0.4, -0.2) is 19.6 Å². The number of hydrogen-bond donors (Lipinski definition) is 1. The number of nitrogens with zero attached hydrogens (tertiary/aromatic N) is 3. The molecule has 2 aromatic rings. The largest absolute Gasteiger partial charge is 0.388 e. The molecule has 0 saturated heterocycles. The molecule has 1 unspecified atom stereocenters. The average Bonchev–Trinajstić information content (AvgIpc) is 2.72. The van der Waals surface area contributed by atoms with Gasteiger partial charge in [0.2, 0.25) is 0 Å². The van der Waals surface area contributed by atoms with Crippen molar-refractivity contribution in [3.8, 4) is 0 Å². The van der Waals surface area contributed by atoms with E-state index in [9.17, 15) is 5.11 Å². The number of aliphatic hydroxyl groups is 1. The van der Waals surface area contributed by atoms with Crippen molar-refractivity contribution < 1.29 is 5.11 Å². The molecule has 2 rings (SSSR count). The predicted molar refractivity (Wildman–Crippen MR) is 65.5 cm³/mol. The van der Waals surface area contributed by atoms with Crippen LogP contribution in [0.25, 0.3) is 0 Å². The zero-order chi connectivity index (χ0) is 12.3. The van der Waals surface area contributed by atoms with Crippen LogP contribution in [0.2, 0.25) is 0 Å². The molecule has 17 heavy (non-hydrogen) atoms. The monoisotopic (exact) mass is 231 g/mol. The standard InChI is InChI=1S/C13H17N3O/c1-10-5-6-14-9-11(10)12(17)3-4-13-15-7-8-16(13)2/h5-9,12,17H,3-4H2,1-2H3. The molecule has 0 aliphatic carbocycles. The second-order valence-electron chi connectivity index (χ2n) is 4.24. The summed E-state index contributed by atoms with van der Waals surface area (Å²) in [6, 6.07) is 1.92. The van der Waals surface area contributed by atoms with E-state index in [4.69, 9.17) is 0 Å². The smallest absolute Gasteiger partial charge is 0.108 e. The van der Waals surface area contributed by atoms with Crippen LogP contribution in [0, 0.1) is 6.92 Å². The lowest BCUT2D eigenvalue weighted by Gasteiger charge is -2.12. The molecule has 0 amide bonds. The summed E-state index contributed by atoms with van der Waals surface area (Å²) in [7, 11) is 1.96. The molecular formula is C13H17N3O. The van der Waals surface area contributed by atoms with Crippen LogP contribution in [0.1, 0.15) is 29.5 Å². The van der Waals surface area contributed by atoms with E-state index in [2.05, 4.69) is 9.97 Å². The molecule has 0 saturated carbocycles. The zero-order valence-electron chi connectivity index (χ0n) is 10.2. The molecule has 0 bridgehead atoms. The number of aromatic nitrogens is 3. The lowest BCUT2D eigenvalue weighted by Crippen LogP contribution is -2.05. The van der Waals surface area contributed by atoms with Crippen molar-refractivity contribution in [3.05, 3.63) is 47.8 Å². The van der Waals surface area contributed by atoms with Crippen LogP contribution in [0.3, 0.4) is 0 Å². The maximum absolute atomic E-state index is 10.1. The molecule has 0 aliphatic rings. The lowest BCUT2D eigenvalue weighted by molar-refractivity contribution is 0.165. The first kappa shape index (κ1) is 11.8. The molecule has 4 heteroatoms. The molecule has 0 aliphatic heterocycles. The fourth-order valence-electron chi connectivity index (χ4n) is 1.88. The Kier molecular flexibility index (Phi) is 3.54. The van der Waals surface area contributed by atoms with E-state index in [-0.39, 0.29) is 0 Å². The minimum atomic E-state index is -0.472. The molecular weight excluding hydrogens is 214 g/mol. The van der Waals surface area contributed by atoms with E-state index >= 15 is 0 Å². The molecule has 0 spiro atoms. The number of aliphatic hydroxyl groups excluding tert-OH is 1. The van der Waals surface area contributed by atoms with Gasteiger partial charge < -0.3 is 9.67 Å². The van der Waals surface area contributed by atoms with Crippen LogP contribution in [0.15, 0.2) is 30.9 Å². The molecule has 0 fully saturated rings. The first-order chi connectivity index (χ1) is 8.18. The van der Waals surface area contributed by atoms with Gasteiger partial charge in [-0.3, -0.25) is 4.98 Å². The maximum Gasteiger partial charge on any atom is 0.108 e. The number of hydrogen-bond acceptors (Lipinski definition) is 3. The third kappa shape index (κ3) is 2.71.